The van der Waals surface area contributed by atoms with Crippen LogP contribution < -0.4 is 29.6 Å². The third-order valence-corrected chi connectivity index (χ3v) is 19.5. The standard InChI is InChI=1S/C35H35ClFNO3S.C35H34ClFNO2S.Na.H2O/c1-34(2,41)29-9-4-3-7-24(29)13-17-31(42-22-35(20-32(35)37)21-33(39)40)26-8-5-6-23(18-26)10-15-28-16-12-25-11-14-27(36)19-30(25)38-28;1-34(2,40)30-9-4-3-7-25(30)13-17-32(41-23-35(18-19-39)22-33(35)37)27-8-5-6-24(20-27)10-15-29-16-12-26-11-14-28(36)21-31(26)38-29;;/h3-12,14-16,18-19,31-32,41H,13,17,20-22H2,1-2H3,(H,39,40);3-12,14-16,20-21,32-33,40H,13,17-18,22-23H2,1-2H3;;1H2/q;-1;+1;/p-1/b2*15-10+;;/t31-,32?,35?;32-,33?,35?;;/m11../s1. The van der Waals surface area contributed by atoms with Crippen LogP contribution in [0.1, 0.15) is 133 Å². The Balaban J connectivity index is 0.000000238. The van der Waals surface area contributed by atoms with Gasteiger partial charge >= 0.3 is 35.5 Å². The number of alkyl halides is 2. The third kappa shape index (κ3) is 18.2. The summed E-state index contributed by atoms with van der Waals surface area (Å²) in [6, 6.07) is 51.9. The van der Waals surface area contributed by atoms with E-state index in [1.54, 1.807) is 51.2 Å². The van der Waals surface area contributed by atoms with E-state index < -0.39 is 40.3 Å². The van der Waals surface area contributed by atoms with Crippen molar-refractivity contribution in [2.24, 2.45) is 10.8 Å². The molecule has 2 aliphatic rings. The average Bonchev–Trinajstić information content (AvgIpc) is 2.32. The molecule has 8 nitrogen and oxygen atoms in total. The number of hydrogen-bond donors (Lipinski definition) is 3. The summed E-state index contributed by atoms with van der Waals surface area (Å²) in [5.41, 5.74) is 8.37. The molecule has 0 radical (unpaired) electrons. The molecule has 0 bridgehead atoms. The summed E-state index contributed by atoms with van der Waals surface area (Å²) in [6.45, 7) is 7.19. The molecular formula is C70H70Cl2F2N2NaO6S2-. The number of aliphatic carboxylic acids is 1. The Labute approximate surface area is 538 Å². The minimum absolute atomic E-state index is 0. The van der Waals surface area contributed by atoms with Crippen molar-refractivity contribution in [1.82, 2.24) is 9.97 Å². The molecular weight excluding hydrogens is 1160 g/mol. The van der Waals surface area contributed by atoms with E-state index in [-0.39, 0.29) is 58.4 Å². The number of nitrogens with zero attached hydrogens (tertiary/aromatic N) is 2. The van der Waals surface area contributed by atoms with E-state index in [0.717, 1.165) is 103 Å². The Hall–Kier alpha value is -5.22. The van der Waals surface area contributed by atoms with Crippen molar-refractivity contribution in [1.29, 1.82) is 0 Å². The Morgan fingerprint density at radius 2 is 1.04 bits per heavy atom. The molecule has 2 aliphatic carbocycles. The summed E-state index contributed by atoms with van der Waals surface area (Å²) < 4.78 is 28.7. The molecule has 0 aliphatic heterocycles. The fourth-order valence-corrected chi connectivity index (χ4v) is 14.2. The van der Waals surface area contributed by atoms with Gasteiger partial charge in [0, 0.05) is 48.2 Å². The van der Waals surface area contributed by atoms with Crippen LogP contribution in [0.3, 0.4) is 0 Å². The molecule has 2 aromatic heterocycles. The molecule has 4 N–H and O–H groups in total. The van der Waals surface area contributed by atoms with E-state index in [9.17, 15) is 33.7 Å². The summed E-state index contributed by atoms with van der Waals surface area (Å²) in [5, 5.41) is 34.3. The van der Waals surface area contributed by atoms with Crippen LogP contribution in [-0.2, 0) is 33.6 Å². The van der Waals surface area contributed by atoms with E-state index in [0.29, 0.717) is 34.4 Å². The number of benzene rings is 6. The predicted octanol–water partition coefficient (Wildman–Crippen LogP) is 14.6. The normalized spacial score (nSPS) is 18.9. The summed E-state index contributed by atoms with van der Waals surface area (Å²) in [6.07, 6.45) is 11.8. The minimum atomic E-state index is -1.07. The van der Waals surface area contributed by atoms with Crippen molar-refractivity contribution in [3.63, 3.8) is 0 Å². The zero-order valence-corrected chi connectivity index (χ0v) is 53.7. The van der Waals surface area contributed by atoms with E-state index in [4.69, 9.17) is 33.2 Å². The van der Waals surface area contributed by atoms with Gasteiger partial charge in [-0.05, 0) is 165 Å². The van der Waals surface area contributed by atoms with E-state index in [1.165, 1.54) is 0 Å². The SMILES string of the molecule is CC(C)(O)c1ccccc1CC[C@@H](SCC1(CC(=O)O)CC1F)c1cccc(/C=C/c2ccc3ccc(Cl)cc3n2)c1.CC(C)(O)c1ccccc1CC[C@@H](SCC1(C[C-]=O)CC1F)c1cccc(/C=C/c2ccc3ccc(Cl)cc3n2)c1.[Na+].[OH-]. The van der Waals surface area contributed by atoms with Gasteiger partial charge in [0.05, 0.1) is 40.0 Å². The van der Waals surface area contributed by atoms with Crippen LogP contribution >= 0.6 is 46.7 Å². The molecule has 2 heterocycles. The van der Waals surface area contributed by atoms with E-state index in [2.05, 4.69) is 42.5 Å². The fourth-order valence-electron chi connectivity index (χ4n) is 10.8. The van der Waals surface area contributed by atoms with Crippen LogP contribution in [0.2, 0.25) is 10.0 Å². The molecule has 85 heavy (non-hydrogen) atoms. The van der Waals surface area contributed by atoms with Crippen LogP contribution in [0.5, 0.6) is 0 Å². The topological polar surface area (TPSA) is 151 Å². The molecule has 8 aromatic rings. The molecule has 438 valence electrons. The molecule has 0 saturated heterocycles. The van der Waals surface area contributed by atoms with Crippen molar-refractivity contribution in [2.45, 2.75) is 113 Å². The Kier molecular flexibility index (Phi) is 23.5. The second kappa shape index (κ2) is 29.7. The first-order valence-corrected chi connectivity index (χ1v) is 30.9. The van der Waals surface area contributed by atoms with Crippen LogP contribution in [0.25, 0.3) is 46.1 Å². The number of halogens is 4. The molecule has 15 heteroatoms. The largest absolute Gasteiger partial charge is 1.00 e. The number of carboxylic acid groups (broad SMARTS) is 1. The average molecular weight is 1230 g/mol. The first-order chi connectivity index (χ1) is 39.7. The summed E-state index contributed by atoms with van der Waals surface area (Å²) in [4.78, 5) is 32.0. The number of pyridine rings is 2. The number of carbonyl (C=O) groups excluding carboxylic acids is 1. The molecule has 6 atom stereocenters. The maximum absolute atomic E-state index is 14.4. The number of aromatic nitrogens is 2. The number of fused-ring (bicyclic) bond motifs is 2. The van der Waals surface area contributed by atoms with Crippen molar-refractivity contribution in [3.05, 3.63) is 224 Å². The van der Waals surface area contributed by atoms with Gasteiger partial charge in [-0.3, -0.25) is 11.1 Å². The molecule has 2 fully saturated rings. The number of carboxylic acids is 1. The van der Waals surface area contributed by atoms with E-state index in [1.807, 2.05) is 146 Å². The second-order valence-electron chi connectivity index (χ2n) is 23.2. The van der Waals surface area contributed by atoms with Crippen LogP contribution in [-0.4, -0.2) is 66.9 Å². The first kappa shape index (κ1) is 67.3. The number of rotatable bonds is 24. The third-order valence-electron chi connectivity index (χ3n) is 15.8. The summed E-state index contributed by atoms with van der Waals surface area (Å²) in [7, 11) is 0. The Morgan fingerprint density at radius 3 is 1.44 bits per heavy atom. The monoisotopic (exact) mass is 1230 g/mol. The van der Waals surface area contributed by atoms with Crippen LogP contribution in [0.4, 0.5) is 8.78 Å². The van der Waals surface area contributed by atoms with Gasteiger partial charge in [-0.25, -0.2) is 18.7 Å². The zero-order valence-electron chi connectivity index (χ0n) is 48.5. The molecule has 0 amide bonds. The van der Waals surface area contributed by atoms with Gasteiger partial charge in [-0.1, -0.05) is 157 Å². The molecule has 6 aromatic carbocycles. The Morgan fingerprint density at radius 1 is 0.624 bits per heavy atom. The number of hydrogen-bond acceptors (Lipinski definition) is 9. The van der Waals surface area contributed by atoms with Gasteiger partial charge in [0.25, 0.3) is 0 Å². The maximum Gasteiger partial charge on any atom is 1.00 e. The quantitative estimate of drug-likeness (QED) is 0.0394. The van der Waals surface area contributed by atoms with Gasteiger partial charge in [0.2, 0.25) is 0 Å². The molecule has 10 rings (SSSR count). The van der Waals surface area contributed by atoms with Crippen LogP contribution in [0, 0.1) is 10.8 Å². The number of aliphatic hydroxyl groups is 2. The predicted molar refractivity (Wildman–Crippen MR) is 343 cm³/mol. The molecule has 2 saturated carbocycles. The van der Waals surface area contributed by atoms with Crippen molar-refractivity contribution >= 4 is 105 Å². The summed E-state index contributed by atoms with van der Waals surface area (Å²) >= 11 is 15.7. The first-order valence-electron chi connectivity index (χ1n) is 28.1. The number of thioether (sulfide) groups is 2. The molecule has 0 spiro atoms. The summed E-state index contributed by atoms with van der Waals surface area (Å²) in [5.74, 6) is 0.0651. The fraction of sp³-hybridized carbons (Fsp3) is 0.314. The second-order valence-corrected chi connectivity index (χ2v) is 26.5. The molecule has 4 unspecified atom stereocenters. The maximum atomic E-state index is 14.4. The zero-order chi connectivity index (χ0) is 58.9. The minimum Gasteiger partial charge on any atom is -0.870 e. The Bertz CT molecular complexity index is 3670. The van der Waals surface area contributed by atoms with Gasteiger partial charge in [-0.15, -0.1) is 6.42 Å². The van der Waals surface area contributed by atoms with Gasteiger partial charge < -0.3 is 25.6 Å². The van der Waals surface area contributed by atoms with Crippen molar-refractivity contribution < 1.29 is 68.7 Å². The number of carbonyl (C=O) groups is 1. The number of aryl methyl sites for hydroxylation is 2. The van der Waals surface area contributed by atoms with Crippen molar-refractivity contribution in [3.8, 4) is 0 Å². The van der Waals surface area contributed by atoms with Crippen LogP contribution in [0.15, 0.2) is 158 Å². The van der Waals surface area contributed by atoms with Crippen molar-refractivity contribution in [2.75, 3.05) is 11.5 Å². The smallest absolute Gasteiger partial charge is 0.870 e. The van der Waals surface area contributed by atoms with Gasteiger partial charge in [0.15, 0.2) is 0 Å². The van der Waals surface area contributed by atoms with Gasteiger partial charge in [-0.2, -0.15) is 23.5 Å². The van der Waals surface area contributed by atoms with E-state index >= 15 is 0 Å². The van der Waals surface area contributed by atoms with Gasteiger partial charge in [0.1, 0.15) is 12.3 Å².